The van der Waals surface area contributed by atoms with Crippen LogP contribution in [-0.4, -0.2) is 63.5 Å². The zero-order chi connectivity index (χ0) is 32.5. The molecule has 2 fully saturated rings. The number of carbonyl (C=O) groups excluding carboxylic acids is 3. The summed E-state index contributed by atoms with van der Waals surface area (Å²) < 4.78 is 44.1. The second-order valence-electron chi connectivity index (χ2n) is 14.0. The molecule has 3 aliphatic rings. The van der Waals surface area contributed by atoms with Gasteiger partial charge in [-0.2, -0.15) is 8.78 Å². The molecule has 6 atom stereocenters. The summed E-state index contributed by atoms with van der Waals surface area (Å²) in [5.74, 6) is -4.63. The monoisotopic (exact) mass is 628 g/mol. The number of Topliss-reactive ketones (excluding diaryl/α,β-unsaturated/α-hetero) is 1. The lowest BCUT2D eigenvalue weighted by atomic mass is 9.85. The van der Waals surface area contributed by atoms with Crippen LogP contribution >= 0.6 is 0 Å². The fourth-order valence-electron chi connectivity index (χ4n) is 7.32. The van der Waals surface area contributed by atoms with E-state index in [4.69, 9.17) is 9.47 Å². The highest BCUT2D eigenvalue weighted by atomic mass is 19.3. The predicted octanol–water partition coefficient (Wildman–Crippen LogP) is 6.57. The summed E-state index contributed by atoms with van der Waals surface area (Å²) in [6.07, 6.45) is 3.20. The van der Waals surface area contributed by atoms with Gasteiger partial charge >= 0.3 is 6.09 Å². The number of ketones is 1. The Morgan fingerprint density at radius 2 is 1.69 bits per heavy atom. The first-order valence-corrected chi connectivity index (χ1v) is 16.4. The zero-order valence-corrected chi connectivity index (χ0v) is 27.0. The quantitative estimate of drug-likeness (QED) is 0.401. The minimum Gasteiger partial charge on any atom is -0.471 e. The number of ether oxygens (including phenoxy) is 2. The molecular weight excluding hydrogens is 582 g/mol. The lowest BCUT2D eigenvalue weighted by molar-refractivity contribution is -0.141. The van der Waals surface area contributed by atoms with Crippen molar-refractivity contribution in [1.29, 1.82) is 0 Å². The third kappa shape index (κ3) is 7.07. The van der Waals surface area contributed by atoms with Crippen LogP contribution in [0.4, 0.5) is 13.6 Å². The number of hydrogen-bond acceptors (Lipinski definition) is 7. The first-order valence-electron chi connectivity index (χ1n) is 16.4. The maximum Gasteiger partial charge on any atom is 0.408 e. The van der Waals surface area contributed by atoms with Gasteiger partial charge in [0, 0.05) is 12.3 Å². The van der Waals surface area contributed by atoms with Gasteiger partial charge in [-0.1, -0.05) is 52.7 Å². The third-order valence-electron chi connectivity index (χ3n) is 9.70. The van der Waals surface area contributed by atoms with Crippen molar-refractivity contribution in [3.63, 3.8) is 0 Å². The largest absolute Gasteiger partial charge is 0.471 e. The van der Waals surface area contributed by atoms with Crippen LogP contribution in [0.25, 0.3) is 11.0 Å². The predicted molar refractivity (Wildman–Crippen MR) is 165 cm³/mol. The minimum absolute atomic E-state index is 0.0326. The molecule has 2 bridgehead atoms. The van der Waals surface area contributed by atoms with E-state index in [-0.39, 0.29) is 36.7 Å². The Morgan fingerprint density at radius 1 is 1.00 bits per heavy atom. The Morgan fingerprint density at radius 3 is 2.36 bits per heavy atom. The molecular formula is C34H46F2N4O5. The van der Waals surface area contributed by atoms with Gasteiger partial charge in [-0.05, 0) is 68.9 Å². The molecule has 9 nitrogen and oxygen atoms in total. The van der Waals surface area contributed by atoms with E-state index in [9.17, 15) is 14.4 Å². The average Bonchev–Trinajstić information content (AvgIpc) is 3.57. The lowest BCUT2D eigenvalue weighted by Crippen LogP contribution is -2.57. The minimum atomic E-state index is -3.31. The average molecular weight is 629 g/mol. The van der Waals surface area contributed by atoms with Gasteiger partial charge in [0.05, 0.1) is 23.6 Å². The van der Waals surface area contributed by atoms with Crippen molar-refractivity contribution in [2.24, 2.45) is 17.3 Å². The van der Waals surface area contributed by atoms with Gasteiger partial charge in [0.25, 0.3) is 5.92 Å². The standard InChI is InChI=1S/C34H46F2N4O5/c1-6-22-26-19-40(27(22)20(2)41)31(42)29(33(3,4)5)39-32(43)45-25-17-12-14-21(25)13-8-7-11-18-34(35,36)28-30(44-26)38-24-16-10-9-15-23(24)37-28/h9-10,15-16,21-22,25-27,29H,6-8,11-14,17-19H2,1-5H3,(H,39,43)/t21-,22-,25-,26+,27-,29-/m1/s1. The molecule has 1 saturated heterocycles. The van der Waals surface area contributed by atoms with Gasteiger partial charge in [0.1, 0.15) is 18.2 Å². The second-order valence-corrected chi connectivity index (χ2v) is 14.0. The van der Waals surface area contributed by atoms with E-state index in [1.807, 2.05) is 27.7 Å². The van der Waals surface area contributed by atoms with Gasteiger partial charge in [0.15, 0.2) is 11.5 Å². The molecule has 246 valence electrons. The van der Waals surface area contributed by atoms with Crippen LogP contribution in [0.5, 0.6) is 5.88 Å². The summed E-state index contributed by atoms with van der Waals surface area (Å²) in [5, 5.41) is 2.83. The molecule has 1 N–H and O–H groups in total. The van der Waals surface area contributed by atoms with Gasteiger partial charge < -0.3 is 19.7 Å². The Hall–Kier alpha value is -3.37. The van der Waals surface area contributed by atoms with E-state index in [1.54, 1.807) is 24.3 Å². The summed E-state index contributed by atoms with van der Waals surface area (Å²) in [4.78, 5) is 50.9. The molecule has 0 spiro atoms. The zero-order valence-electron chi connectivity index (χ0n) is 27.0. The maximum absolute atomic E-state index is 16.0. The molecule has 0 radical (unpaired) electrons. The fraction of sp³-hybridized carbons (Fsp3) is 0.676. The number of para-hydroxylation sites is 2. The highest BCUT2D eigenvalue weighted by Gasteiger charge is 2.51. The normalized spacial score (nSPS) is 29.8. The first-order chi connectivity index (χ1) is 21.3. The van der Waals surface area contributed by atoms with E-state index in [0.717, 1.165) is 32.1 Å². The highest BCUT2D eigenvalue weighted by molar-refractivity contribution is 5.92. The Balaban J connectivity index is 1.57. The summed E-state index contributed by atoms with van der Waals surface area (Å²) in [6.45, 7) is 8.78. The topological polar surface area (TPSA) is 111 Å². The van der Waals surface area contributed by atoms with E-state index >= 15 is 8.78 Å². The summed E-state index contributed by atoms with van der Waals surface area (Å²) in [7, 11) is 0. The van der Waals surface area contributed by atoms with Crippen molar-refractivity contribution in [1.82, 2.24) is 20.2 Å². The van der Waals surface area contributed by atoms with E-state index < -0.39 is 59.6 Å². The number of nitrogens with zero attached hydrogens (tertiary/aromatic N) is 3. The number of nitrogens with one attached hydrogen (secondary N) is 1. The van der Waals surface area contributed by atoms with E-state index in [1.165, 1.54) is 11.8 Å². The van der Waals surface area contributed by atoms with Crippen LogP contribution in [0.15, 0.2) is 24.3 Å². The third-order valence-corrected chi connectivity index (χ3v) is 9.70. The molecule has 45 heavy (non-hydrogen) atoms. The van der Waals surface area contributed by atoms with Crippen molar-refractivity contribution in [3.05, 3.63) is 30.0 Å². The smallest absolute Gasteiger partial charge is 0.408 e. The fourth-order valence-corrected chi connectivity index (χ4v) is 7.32. The van der Waals surface area contributed by atoms with Crippen LogP contribution in [0.2, 0.25) is 0 Å². The number of halogens is 2. The SMILES string of the molecule is CC[C@@H]1[C@@H]2CN(C(=O)[C@H](C(C)(C)C)NC(=O)O[C@@H]3CCC[C@H]3CCCCCC(F)(F)c3nc4ccccc4nc3O2)[C@@H]1C(C)=O. The molecule has 2 aromatic rings. The highest BCUT2D eigenvalue weighted by Crippen LogP contribution is 2.41. The summed E-state index contributed by atoms with van der Waals surface area (Å²) in [6, 6.07) is 4.95. The summed E-state index contributed by atoms with van der Waals surface area (Å²) in [5.41, 5.74) is -0.493. The van der Waals surface area contributed by atoms with Crippen LogP contribution in [-0.2, 0) is 20.2 Å². The molecule has 1 saturated carbocycles. The molecule has 1 aromatic heterocycles. The van der Waals surface area contributed by atoms with Crippen LogP contribution in [0.1, 0.15) is 98.1 Å². The van der Waals surface area contributed by atoms with Crippen molar-refractivity contribution in [3.8, 4) is 5.88 Å². The first kappa shape index (κ1) is 33.0. The van der Waals surface area contributed by atoms with Gasteiger partial charge in [-0.3, -0.25) is 9.59 Å². The lowest BCUT2D eigenvalue weighted by Gasteiger charge is -2.35. The molecule has 1 aliphatic carbocycles. The number of aromatic nitrogens is 2. The number of benzene rings is 1. The molecule has 11 heteroatoms. The van der Waals surface area contributed by atoms with Gasteiger partial charge in [0.2, 0.25) is 11.8 Å². The molecule has 5 rings (SSSR count). The van der Waals surface area contributed by atoms with Crippen LogP contribution < -0.4 is 10.1 Å². The number of rotatable bonds is 2. The molecule has 0 unspecified atom stereocenters. The van der Waals surface area contributed by atoms with Crippen molar-refractivity contribution >= 4 is 28.8 Å². The van der Waals surface area contributed by atoms with Crippen molar-refractivity contribution in [2.75, 3.05) is 6.54 Å². The van der Waals surface area contributed by atoms with Crippen molar-refractivity contribution < 1.29 is 32.6 Å². The Kier molecular flexibility index (Phi) is 9.65. The Labute approximate surface area is 263 Å². The number of carbonyl (C=O) groups is 3. The van der Waals surface area contributed by atoms with E-state index in [2.05, 4.69) is 15.3 Å². The van der Waals surface area contributed by atoms with Gasteiger partial charge in [-0.15, -0.1) is 0 Å². The molecule has 3 heterocycles. The van der Waals surface area contributed by atoms with Gasteiger partial charge in [-0.25, -0.2) is 14.8 Å². The molecule has 2 aliphatic heterocycles. The Bertz CT molecular complexity index is 1410. The number of amides is 2. The number of alkyl halides is 2. The van der Waals surface area contributed by atoms with E-state index in [0.29, 0.717) is 23.9 Å². The van der Waals surface area contributed by atoms with Crippen LogP contribution in [0, 0.1) is 17.3 Å². The number of fused-ring (bicyclic) bond motifs is 5. The number of alkyl carbamates (subject to hydrolysis) is 1. The second kappa shape index (κ2) is 13.2. The summed E-state index contributed by atoms with van der Waals surface area (Å²) >= 11 is 0. The maximum atomic E-state index is 16.0. The van der Waals surface area contributed by atoms with Crippen LogP contribution in [0.3, 0.4) is 0 Å². The molecule has 2 amide bonds. The number of hydrogen-bond donors (Lipinski definition) is 1. The van der Waals surface area contributed by atoms with Crippen molar-refractivity contribution in [2.45, 2.75) is 123 Å². The molecule has 1 aromatic carbocycles.